The van der Waals surface area contributed by atoms with Crippen LogP contribution >= 0.6 is 27.5 Å². The zero-order chi connectivity index (χ0) is 19.9. The van der Waals surface area contributed by atoms with Crippen LogP contribution < -0.4 is 0 Å². The fourth-order valence-electron chi connectivity index (χ4n) is 3.33. The van der Waals surface area contributed by atoms with Crippen LogP contribution in [-0.4, -0.2) is 20.9 Å². The van der Waals surface area contributed by atoms with Crippen molar-refractivity contribution in [3.8, 4) is 6.07 Å². The standard InChI is InChI=1S/C21H13BrClN3O2/c22-16-5-2-14-12-26(20(27)18(14)9-16)21(28,15-3-6-17(23)7-4-15)19-8-1-13(10-24)11-25-19/h1-9,11,28H,12H2. The van der Waals surface area contributed by atoms with E-state index in [0.717, 1.165) is 10.0 Å². The summed E-state index contributed by atoms with van der Waals surface area (Å²) in [4.78, 5) is 18.8. The van der Waals surface area contributed by atoms with Crippen molar-refractivity contribution in [3.63, 3.8) is 0 Å². The first-order valence-electron chi connectivity index (χ1n) is 8.39. The Hall–Kier alpha value is -2.72. The number of aromatic nitrogens is 1. The Morgan fingerprint density at radius 3 is 2.57 bits per heavy atom. The van der Waals surface area contributed by atoms with Crippen molar-refractivity contribution in [3.05, 3.63) is 98.2 Å². The lowest BCUT2D eigenvalue weighted by Gasteiger charge is -2.37. The number of nitriles is 1. The Morgan fingerprint density at radius 1 is 1.18 bits per heavy atom. The summed E-state index contributed by atoms with van der Waals surface area (Å²) in [6.45, 7) is 0.224. The molecule has 1 N–H and O–H groups in total. The number of hydrogen-bond acceptors (Lipinski definition) is 4. The average Bonchev–Trinajstić information content (AvgIpc) is 3.04. The Kier molecular flexibility index (Phi) is 4.68. The van der Waals surface area contributed by atoms with Gasteiger partial charge in [-0.2, -0.15) is 5.26 Å². The molecule has 1 aromatic heterocycles. The van der Waals surface area contributed by atoms with E-state index in [1.807, 2.05) is 18.2 Å². The van der Waals surface area contributed by atoms with Crippen molar-refractivity contribution >= 4 is 33.4 Å². The highest BCUT2D eigenvalue weighted by Crippen LogP contribution is 2.39. The Bertz CT molecular complexity index is 1110. The van der Waals surface area contributed by atoms with Crippen LogP contribution in [0, 0.1) is 11.3 Å². The van der Waals surface area contributed by atoms with E-state index in [4.69, 9.17) is 16.9 Å². The van der Waals surface area contributed by atoms with Crippen LogP contribution in [-0.2, 0) is 12.3 Å². The number of rotatable bonds is 3. The van der Waals surface area contributed by atoms with Gasteiger partial charge in [0.15, 0.2) is 0 Å². The second-order valence-electron chi connectivity index (χ2n) is 6.42. The minimum absolute atomic E-state index is 0.224. The van der Waals surface area contributed by atoms with E-state index in [9.17, 15) is 9.90 Å². The first-order valence-corrected chi connectivity index (χ1v) is 9.56. The lowest BCUT2D eigenvalue weighted by molar-refractivity contribution is -0.0641. The van der Waals surface area contributed by atoms with E-state index in [1.54, 1.807) is 42.5 Å². The van der Waals surface area contributed by atoms with Crippen molar-refractivity contribution in [2.75, 3.05) is 0 Å². The maximum absolute atomic E-state index is 13.2. The third-order valence-corrected chi connectivity index (χ3v) is 5.51. The van der Waals surface area contributed by atoms with Gasteiger partial charge in [0.25, 0.3) is 5.91 Å². The molecule has 0 spiro atoms. The Morgan fingerprint density at radius 2 is 1.93 bits per heavy atom. The Balaban J connectivity index is 1.87. The zero-order valence-corrected chi connectivity index (χ0v) is 16.8. The molecule has 28 heavy (non-hydrogen) atoms. The van der Waals surface area contributed by atoms with Crippen molar-refractivity contribution < 1.29 is 9.90 Å². The number of carbonyl (C=O) groups is 1. The zero-order valence-electron chi connectivity index (χ0n) is 14.4. The van der Waals surface area contributed by atoms with Crippen molar-refractivity contribution in [1.29, 1.82) is 5.26 Å². The smallest absolute Gasteiger partial charge is 0.257 e. The third kappa shape index (κ3) is 2.98. The molecule has 7 heteroatoms. The van der Waals surface area contributed by atoms with Gasteiger partial charge in [0.2, 0.25) is 5.72 Å². The number of amides is 1. The SMILES string of the molecule is N#Cc1ccc(C(O)(c2ccc(Cl)cc2)N2Cc3ccc(Br)cc3C2=O)nc1. The lowest BCUT2D eigenvalue weighted by Crippen LogP contribution is -2.47. The molecule has 0 bridgehead atoms. The first-order chi connectivity index (χ1) is 13.4. The predicted octanol–water partition coefficient (Wildman–Crippen LogP) is 4.22. The Labute approximate surface area is 174 Å². The summed E-state index contributed by atoms with van der Waals surface area (Å²) in [6, 6.07) is 17.2. The van der Waals surface area contributed by atoms with Gasteiger partial charge in [-0.3, -0.25) is 14.7 Å². The molecule has 0 radical (unpaired) electrons. The maximum Gasteiger partial charge on any atom is 0.257 e. The summed E-state index contributed by atoms with van der Waals surface area (Å²) >= 11 is 9.39. The van der Waals surface area contributed by atoms with Crippen LogP contribution in [0.4, 0.5) is 0 Å². The fraction of sp³-hybridized carbons (Fsp3) is 0.0952. The van der Waals surface area contributed by atoms with Gasteiger partial charge in [-0.25, -0.2) is 0 Å². The quantitative estimate of drug-likeness (QED) is 0.643. The number of pyridine rings is 1. The topological polar surface area (TPSA) is 77.2 Å². The number of nitrogens with zero attached hydrogens (tertiary/aromatic N) is 3. The van der Waals surface area contributed by atoms with Gasteiger partial charge < -0.3 is 5.11 Å². The molecule has 0 saturated carbocycles. The summed E-state index contributed by atoms with van der Waals surface area (Å²) < 4.78 is 0.785. The maximum atomic E-state index is 13.2. The number of benzene rings is 2. The summed E-state index contributed by atoms with van der Waals surface area (Å²) in [7, 11) is 0. The number of aliphatic hydroxyl groups is 1. The molecule has 0 saturated heterocycles. The van der Waals surface area contributed by atoms with E-state index in [0.29, 0.717) is 21.7 Å². The molecule has 1 aliphatic heterocycles. The first kappa shape index (κ1) is 18.6. The van der Waals surface area contributed by atoms with Gasteiger partial charge in [0.05, 0.1) is 17.8 Å². The molecule has 1 atom stereocenters. The van der Waals surface area contributed by atoms with E-state index in [1.165, 1.54) is 11.1 Å². The molecule has 4 rings (SSSR count). The third-order valence-electron chi connectivity index (χ3n) is 4.76. The van der Waals surface area contributed by atoms with Gasteiger partial charge in [-0.1, -0.05) is 45.7 Å². The largest absolute Gasteiger partial charge is 0.362 e. The van der Waals surface area contributed by atoms with Crippen LogP contribution in [0.15, 0.2) is 65.3 Å². The molecule has 2 heterocycles. The average molecular weight is 455 g/mol. The van der Waals surface area contributed by atoms with Crippen molar-refractivity contribution in [2.45, 2.75) is 12.3 Å². The summed E-state index contributed by atoms with van der Waals surface area (Å²) in [5, 5.41) is 21.4. The minimum Gasteiger partial charge on any atom is -0.362 e. The number of fused-ring (bicyclic) bond motifs is 1. The highest BCUT2D eigenvalue weighted by Gasteiger charge is 2.46. The summed E-state index contributed by atoms with van der Waals surface area (Å²) in [5.74, 6) is -0.306. The van der Waals surface area contributed by atoms with Crippen LogP contribution in [0.1, 0.15) is 32.7 Å². The molecule has 3 aromatic rings. The van der Waals surface area contributed by atoms with Gasteiger partial charge in [0.1, 0.15) is 6.07 Å². The second-order valence-corrected chi connectivity index (χ2v) is 7.77. The van der Waals surface area contributed by atoms with E-state index < -0.39 is 5.72 Å². The van der Waals surface area contributed by atoms with Crippen LogP contribution in [0.2, 0.25) is 5.02 Å². The number of carbonyl (C=O) groups excluding carboxylic acids is 1. The number of hydrogen-bond donors (Lipinski definition) is 1. The predicted molar refractivity (Wildman–Crippen MR) is 107 cm³/mol. The van der Waals surface area contributed by atoms with E-state index in [2.05, 4.69) is 20.9 Å². The lowest BCUT2D eigenvalue weighted by atomic mass is 9.96. The molecule has 138 valence electrons. The van der Waals surface area contributed by atoms with Gasteiger partial charge >= 0.3 is 0 Å². The minimum atomic E-state index is -1.82. The van der Waals surface area contributed by atoms with Crippen LogP contribution in [0.3, 0.4) is 0 Å². The normalized spacial score (nSPS) is 15.1. The van der Waals surface area contributed by atoms with Gasteiger partial charge in [-0.05, 0) is 42.0 Å². The molecule has 1 unspecified atom stereocenters. The molecule has 1 aliphatic rings. The summed E-state index contributed by atoms with van der Waals surface area (Å²) in [6.07, 6.45) is 1.38. The number of halogens is 2. The molecule has 1 amide bonds. The molecule has 0 fully saturated rings. The fourth-order valence-corrected chi connectivity index (χ4v) is 3.81. The van der Waals surface area contributed by atoms with E-state index >= 15 is 0 Å². The van der Waals surface area contributed by atoms with E-state index in [-0.39, 0.29) is 18.1 Å². The van der Waals surface area contributed by atoms with Gasteiger partial charge in [0, 0.05) is 26.8 Å². The van der Waals surface area contributed by atoms with Crippen LogP contribution in [0.25, 0.3) is 0 Å². The van der Waals surface area contributed by atoms with Crippen molar-refractivity contribution in [1.82, 2.24) is 9.88 Å². The highest BCUT2D eigenvalue weighted by atomic mass is 79.9. The van der Waals surface area contributed by atoms with Crippen molar-refractivity contribution in [2.24, 2.45) is 0 Å². The van der Waals surface area contributed by atoms with Crippen LogP contribution in [0.5, 0.6) is 0 Å². The molecule has 0 aliphatic carbocycles. The molecule has 2 aromatic carbocycles. The summed E-state index contributed by atoms with van der Waals surface area (Å²) in [5.41, 5.74) is 0.580. The highest BCUT2D eigenvalue weighted by molar-refractivity contribution is 9.10. The molecular formula is C21H13BrClN3O2. The molecule has 5 nitrogen and oxygen atoms in total. The molecular weight excluding hydrogens is 442 g/mol. The monoisotopic (exact) mass is 453 g/mol. The van der Waals surface area contributed by atoms with Gasteiger partial charge in [-0.15, -0.1) is 0 Å². The second kappa shape index (κ2) is 7.02.